The molecule has 4 nitrogen and oxygen atoms in total. The molecule has 1 aromatic carbocycles. The molecule has 2 amide bonds. The van der Waals surface area contributed by atoms with E-state index in [1.807, 2.05) is 17.0 Å². The lowest BCUT2D eigenvalue weighted by molar-refractivity contribution is -0.138. The molecule has 0 aromatic heterocycles. The summed E-state index contributed by atoms with van der Waals surface area (Å²) in [5, 5.41) is 3.26. The number of carbonyl (C=O) groups excluding carboxylic acids is 2. The molecule has 1 atom stereocenters. The van der Waals surface area contributed by atoms with E-state index >= 15 is 0 Å². The Morgan fingerprint density at radius 1 is 1.07 bits per heavy atom. The van der Waals surface area contributed by atoms with E-state index in [9.17, 15) is 9.59 Å². The Morgan fingerprint density at radius 2 is 1.85 bits per heavy atom. The van der Waals surface area contributed by atoms with Gasteiger partial charge in [0.2, 0.25) is 11.8 Å². The fourth-order valence-electron chi connectivity index (χ4n) is 4.78. The van der Waals surface area contributed by atoms with Gasteiger partial charge in [-0.25, -0.2) is 0 Å². The number of nitrogens with zero attached hydrogens (tertiary/aromatic N) is 1. The van der Waals surface area contributed by atoms with Gasteiger partial charge >= 0.3 is 0 Å². The maximum absolute atomic E-state index is 13.3. The van der Waals surface area contributed by atoms with Crippen molar-refractivity contribution in [1.82, 2.24) is 10.2 Å². The molecule has 1 saturated heterocycles. The molecule has 1 N–H and O–H groups in total. The zero-order valence-corrected chi connectivity index (χ0v) is 17.5. The predicted octanol–water partition coefficient (Wildman–Crippen LogP) is 4.17. The smallest absolute Gasteiger partial charge is 0.233 e. The Labute approximate surface area is 170 Å². The molecule has 5 heteroatoms. The van der Waals surface area contributed by atoms with Crippen molar-refractivity contribution in [3.05, 3.63) is 34.3 Å². The summed E-state index contributed by atoms with van der Waals surface area (Å²) in [6.07, 6.45) is 9.57. The van der Waals surface area contributed by atoms with Crippen LogP contribution in [0.25, 0.3) is 0 Å². The largest absolute Gasteiger partial charge is 0.353 e. The van der Waals surface area contributed by atoms with E-state index in [-0.39, 0.29) is 23.1 Å². The Kier molecular flexibility index (Phi) is 5.58. The van der Waals surface area contributed by atoms with Gasteiger partial charge in [-0.15, -0.1) is 0 Å². The molecule has 1 heterocycles. The third-order valence-electron chi connectivity index (χ3n) is 6.57. The van der Waals surface area contributed by atoms with Gasteiger partial charge < -0.3 is 10.2 Å². The van der Waals surface area contributed by atoms with E-state index < -0.39 is 0 Å². The van der Waals surface area contributed by atoms with Gasteiger partial charge in [-0.05, 0) is 56.2 Å². The second-order valence-electron chi connectivity index (χ2n) is 8.53. The Hall–Kier alpha value is -1.36. The van der Waals surface area contributed by atoms with Crippen LogP contribution in [0.2, 0.25) is 0 Å². The fraction of sp³-hybridized carbons (Fsp3) is 0.636. The van der Waals surface area contributed by atoms with Crippen LogP contribution < -0.4 is 5.32 Å². The Balaban J connectivity index is 1.40. The molecule has 1 aromatic rings. The second kappa shape index (κ2) is 7.94. The molecular weight excluding hydrogens is 404 g/mol. The summed E-state index contributed by atoms with van der Waals surface area (Å²) in [7, 11) is 0. The molecule has 0 radical (unpaired) electrons. The molecule has 1 unspecified atom stereocenters. The molecule has 2 saturated carbocycles. The lowest BCUT2D eigenvalue weighted by Gasteiger charge is -2.35. The van der Waals surface area contributed by atoms with Crippen molar-refractivity contribution in [3.8, 4) is 0 Å². The van der Waals surface area contributed by atoms with Crippen LogP contribution in [0.15, 0.2) is 28.7 Å². The molecule has 146 valence electrons. The van der Waals surface area contributed by atoms with Crippen LogP contribution in [0, 0.1) is 5.92 Å². The summed E-state index contributed by atoms with van der Waals surface area (Å²) in [4.78, 5) is 28.1. The second-order valence-corrected chi connectivity index (χ2v) is 9.44. The van der Waals surface area contributed by atoms with Crippen LogP contribution in [-0.4, -0.2) is 35.8 Å². The minimum Gasteiger partial charge on any atom is -0.353 e. The zero-order chi connectivity index (χ0) is 18.9. The quantitative estimate of drug-likeness (QED) is 0.775. The molecule has 4 rings (SSSR count). The summed E-state index contributed by atoms with van der Waals surface area (Å²) in [6, 6.07) is 8.48. The van der Waals surface area contributed by atoms with E-state index in [4.69, 9.17) is 0 Å². The van der Waals surface area contributed by atoms with Gasteiger partial charge in [0.15, 0.2) is 0 Å². The van der Waals surface area contributed by atoms with Gasteiger partial charge in [-0.3, -0.25) is 9.59 Å². The van der Waals surface area contributed by atoms with Gasteiger partial charge in [0.25, 0.3) is 0 Å². The van der Waals surface area contributed by atoms with E-state index in [0.717, 1.165) is 55.1 Å². The molecule has 0 spiro atoms. The van der Waals surface area contributed by atoms with Crippen molar-refractivity contribution < 1.29 is 9.59 Å². The van der Waals surface area contributed by atoms with Gasteiger partial charge in [-0.2, -0.15) is 0 Å². The van der Waals surface area contributed by atoms with Crippen LogP contribution in [-0.2, 0) is 15.0 Å². The summed E-state index contributed by atoms with van der Waals surface area (Å²) in [5.41, 5.74) is 0.751. The normalized spacial score (nSPS) is 25.1. The van der Waals surface area contributed by atoms with Crippen LogP contribution in [0.1, 0.15) is 63.4 Å². The average molecular weight is 433 g/mol. The van der Waals surface area contributed by atoms with E-state index in [0.29, 0.717) is 12.6 Å². The standard InChI is InChI=1S/C22H29BrN2O2/c23-18-8-4-7-17(14-18)22(11-12-22)21(27)25-13-5-6-16(15-25)20(26)24-19-9-2-1-3-10-19/h4,7-8,14,16,19H,1-3,5-6,9-13,15H2,(H,24,26). The number of benzene rings is 1. The number of likely N-dealkylation sites (tertiary alicyclic amines) is 1. The first-order valence-electron chi connectivity index (χ1n) is 10.4. The maximum Gasteiger partial charge on any atom is 0.233 e. The monoisotopic (exact) mass is 432 g/mol. The molecule has 27 heavy (non-hydrogen) atoms. The van der Waals surface area contributed by atoms with Gasteiger partial charge in [0.1, 0.15) is 0 Å². The van der Waals surface area contributed by atoms with Gasteiger partial charge in [0, 0.05) is 23.6 Å². The van der Waals surface area contributed by atoms with Gasteiger partial charge in [-0.1, -0.05) is 47.3 Å². The highest BCUT2D eigenvalue weighted by Crippen LogP contribution is 2.50. The SMILES string of the molecule is O=C(NC1CCCCC1)C1CCCN(C(=O)C2(c3cccc(Br)c3)CC2)C1. The van der Waals surface area contributed by atoms with Crippen molar-refractivity contribution >= 4 is 27.7 Å². The fourth-order valence-corrected chi connectivity index (χ4v) is 5.18. The topological polar surface area (TPSA) is 49.4 Å². The zero-order valence-electron chi connectivity index (χ0n) is 15.9. The van der Waals surface area contributed by atoms with Crippen LogP contribution in [0.3, 0.4) is 0 Å². The van der Waals surface area contributed by atoms with Crippen LogP contribution in [0.5, 0.6) is 0 Å². The molecule has 3 aliphatic rings. The summed E-state index contributed by atoms with van der Waals surface area (Å²) in [5.74, 6) is 0.324. The first kappa shape index (κ1) is 19.0. The summed E-state index contributed by atoms with van der Waals surface area (Å²) < 4.78 is 1.02. The highest BCUT2D eigenvalue weighted by molar-refractivity contribution is 9.10. The highest BCUT2D eigenvalue weighted by atomic mass is 79.9. The Bertz CT molecular complexity index is 710. The lowest BCUT2D eigenvalue weighted by atomic mass is 9.90. The molecule has 3 fully saturated rings. The minimum atomic E-state index is -0.356. The van der Waals surface area contributed by atoms with Gasteiger partial charge in [0.05, 0.1) is 11.3 Å². The Morgan fingerprint density at radius 3 is 2.56 bits per heavy atom. The predicted molar refractivity (Wildman–Crippen MR) is 109 cm³/mol. The maximum atomic E-state index is 13.3. The molecular formula is C22H29BrN2O2. The number of piperidine rings is 1. The van der Waals surface area contributed by atoms with Crippen molar-refractivity contribution in [1.29, 1.82) is 0 Å². The third kappa shape index (κ3) is 4.08. The van der Waals surface area contributed by atoms with E-state index in [2.05, 4.69) is 33.4 Å². The number of nitrogens with one attached hydrogen (secondary N) is 1. The number of hydrogen-bond acceptors (Lipinski definition) is 2. The average Bonchev–Trinajstić information content (AvgIpc) is 3.50. The van der Waals surface area contributed by atoms with Crippen molar-refractivity contribution in [3.63, 3.8) is 0 Å². The third-order valence-corrected chi connectivity index (χ3v) is 7.06. The van der Waals surface area contributed by atoms with Crippen molar-refractivity contribution in [2.24, 2.45) is 5.92 Å². The lowest BCUT2D eigenvalue weighted by Crippen LogP contribution is -2.50. The number of halogens is 1. The summed E-state index contributed by atoms with van der Waals surface area (Å²) in [6.45, 7) is 1.36. The van der Waals surface area contributed by atoms with Crippen molar-refractivity contribution in [2.75, 3.05) is 13.1 Å². The minimum absolute atomic E-state index is 0.0528. The first-order valence-corrected chi connectivity index (χ1v) is 11.2. The van der Waals surface area contributed by atoms with Crippen LogP contribution >= 0.6 is 15.9 Å². The van der Waals surface area contributed by atoms with Crippen molar-refractivity contribution in [2.45, 2.75) is 69.2 Å². The van der Waals surface area contributed by atoms with Crippen LogP contribution in [0.4, 0.5) is 0 Å². The number of amides is 2. The number of carbonyl (C=O) groups is 2. The first-order chi connectivity index (χ1) is 13.1. The van der Waals surface area contributed by atoms with E-state index in [1.165, 1.54) is 19.3 Å². The summed E-state index contributed by atoms with van der Waals surface area (Å²) >= 11 is 3.53. The number of hydrogen-bond donors (Lipinski definition) is 1. The number of rotatable bonds is 4. The highest BCUT2D eigenvalue weighted by Gasteiger charge is 2.53. The molecule has 1 aliphatic heterocycles. The van der Waals surface area contributed by atoms with E-state index in [1.54, 1.807) is 0 Å². The molecule has 0 bridgehead atoms. The molecule has 2 aliphatic carbocycles.